The highest BCUT2D eigenvalue weighted by atomic mass is 35.5. The molecule has 2 aromatic carbocycles. The van der Waals surface area contributed by atoms with E-state index in [0.29, 0.717) is 22.0 Å². The predicted octanol–water partition coefficient (Wildman–Crippen LogP) is 5.06. The molecule has 39 heavy (non-hydrogen) atoms. The SMILES string of the molecule is CCCNC(=O)C(F)(F)C(=O)[C@@H](CC(=O)[C@H](Cc1ccccc1)NC(=O)COc1cc(Cl)cc(Cl)c1)C(C)C. The molecule has 212 valence electrons. The number of alkyl halides is 2. The number of halogens is 4. The number of benzene rings is 2. The topological polar surface area (TPSA) is 102 Å². The van der Waals surface area contributed by atoms with Crippen molar-refractivity contribution in [1.29, 1.82) is 0 Å². The second-order valence-electron chi connectivity index (χ2n) is 9.42. The highest BCUT2D eigenvalue weighted by molar-refractivity contribution is 6.34. The molecular formula is C28H32Cl2F2N2O5. The van der Waals surface area contributed by atoms with Crippen molar-refractivity contribution in [3.8, 4) is 5.75 Å². The summed E-state index contributed by atoms with van der Waals surface area (Å²) in [4.78, 5) is 50.8. The lowest BCUT2D eigenvalue weighted by molar-refractivity contribution is -0.162. The summed E-state index contributed by atoms with van der Waals surface area (Å²) in [6.45, 7) is 4.24. The molecule has 0 radical (unpaired) electrons. The van der Waals surface area contributed by atoms with Crippen LogP contribution >= 0.6 is 23.2 Å². The minimum Gasteiger partial charge on any atom is -0.484 e. The Morgan fingerprint density at radius 2 is 1.62 bits per heavy atom. The largest absolute Gasteiger partial charge is 0.484 e. The van der Waals surface area contributed by atoms with E-state index in [4.69, 9.17) is 27.9 Å². The van der Waals surface area contributed by atoms with Crippen LogP contribution in [0.3, 0.4) is 0 Å². The Bertz CT molecular complexity index is 1140. The smallest absolute Gasteiger partial charge is 0.381 e. The second-order valence-corrected chi connectivity index (χ2v) is 10.3. The number of ether oxygens (including phenoxy) is 1. The number of rotatable bonds is 15. The van der Waals surface area contributed by atoms with E-state index in [1.54, 1.807) is 37.3 Å². The molecule has 2 amide bonds. The maximum Gasteiger partial charge on any atom is 0.381 e. The predicted molar refractivity (Wildman–Crippen MR) is 145 cm³/mol. The number of Topliss-reactive ketones (excluding diaryl/α,β-unsaturated/α-hetero) is 2. The molecule has 0 aromatic heterocycles. The van der Waals surface area contributed by atoms with Crippen LogP contribution in [0.1, 0.15) is 39.2 Å². The molecule has 11 heteroatoms. The Morgan fingerprint density at radius 1 is 1.00 bits per heavy atom. The molecule has 2 aromatic rings. The summed E-state index contributed by atoms with van der Waals surface area (Å²) in [5.41, 5.74) is 0.704. The third kappa shape index (κ3) is 9.89. The lowest BCUT2D eigenvalue weighted by Crippen LogP contribution is -2.51. The third-order valence-electron chi connectivity index (χ3n) is 5.91. The molecule has 0 heterocycles. The first-order valence-electron chi connectivity index (χ1n) is 12.5. The van der Waals surface area contributed by atoms with Gasteiger partial charge < -0.3 is 15.4 Å². The zero-order valence-electron chi connectivity index (χ0n) is 21.9. The number of nitrogens with one attached hydrogen (secondary N) is 2. The number of hydrogen-bond donors (Lipinski definition) is 2. The molecule has 0 fully saturated rings. The van der Waals surface area contributed by atoms with Gasteiger partial charge in [0.25, 0.3) is 11.8 Å². The van der Waals surface area contributed by atoms with Gasteiger partial charge in [0.2, 0.25) is 5.78 Å². The van der Waals surface area contributed by atoms with Gasteiger partial charge in [-0.05, 0) is 42.5 Å². The molecule has 0 bridgehead atoms. The Morgan fingerprint density at radius 3 is 2.18 bits per heavy atom. The van der Waals surface area contributed by atoms with E-state index in [1.165, 1.54) is 32.0 Å². The molecule has 0 unspecified atom stereocenters. The van der Waals surface area contributed by atoms with Crippen LogP contribution in [-0.2, 0) is 25.6 Å². The zero-order valence-corrected chi connectivity index (χ0v) is 23.5. The van der Waals surface area contributed by atoms with Crippen molar-refractivity contribution in [3.63, 3.8) is 0 Å². The normalized spacial score (nSPS) is 12.9. The highest BCUT2D eigenvalue weighted by Gasteiger charge is 2.51. The van der Waals surface area contributed by atoms with Crippen molar-refractivity contribution in [2.75, 3.05) is 13.2 Å². The van der Waals surface area contributed by atoms with Gasteiger partial charge in [0.15, 0.2) is 12.4 Å². The fraction of sp³-hybridized carbons (Fsp3) is 0.429. The third-order valence-corrected chi connectivity index (χ3v) is 6.34. The van der Waals surface area contributed by atoms with E-state index < -0.39 is 60.2 Å². The van der Waals surface area contributed by atoms with E-state index in [2.05, 4.69) is 5.32 Å². The van der Waals surface area contributed by atoms with Gasteiger partial charge in [-0.2, -0.15) is 8.78 Å². The molecule has 0 aliphatic rings. The van der Waals surface area contributed by atoms with Crippen LogP contribution in [0, 0.1) is 11.8 Å². The van der Waals surface area contributed by atoms with Gasteiger partial charge in [0.05, 0.1) is 6.04 Å². The first-order chi connectivity index (χ1) is 18.3. The maximum absolute atomic E-state index is 14.7. The fourth-order valence-corrected chi connectivity index (χ4v) is 4.28. The van der Waals surface area contributed by atoms with Crippen molar-refractivity contribution < 1.29 is 32.7 Å². The van der Waals surface area contributed by atoms with E-state index in [0.717, 1.165) is 0 Å². The molecule has 2 rings (SSSR count). The van der Waals surface area contributed by atoms with Crippen molar-refractivity contribution in [2.24, 2.45) is 11.8 Å². The average Bonchev–Trinajstić information content (AvgIpc) is 2.88. The van der Waals surface area contributed by atoms with Crippen molar-refractivity contribution in [1.82, 2.24) is 10.6 Å². The van der Waals surface area contributed by atoms with Crippen molar-refractivity contribution in [3.05, 3.63) is 64.1 Å². The Hall–Kier alpha value is -3.04. The molecule has 0 aliphatic heterocycles. The molecular weight excluding hydrogens is 553 g/mol. The van der Waals surface area contributed by atoms with Gasteiger partial charge in [0.1, 0.15) is 5.75 Å². The molecule has 0 saturated heterocycles. The average molecular weight is 585 g/mol. The molecule has 0 aliphatic carbocycles. The highest BCUT2D eigenvalue weighted by Crippen LogP contribution is 2.28. The Kier molecular flexibility index (Phi) is 12.3. The van der Waals surface area contributed by atoms with Crippen LogP contribution in [0.25, 0.3) is 0 Å². The van der Waals surface area contributed by atoms with Gasteiger partial charge in [-0.1, -0.05) is 74.3 Å². The number of carbonyl (C=O) groups is 4. The summed E-state index contributed by atoms with van der Waals surface area (Å²) in [7, 11) is 0. The molecule has 0 spiro atoms. The fourth-order valence-electron chi connectivity index (χ4n) is 3.78. The Labute approximate surface area is 236 Å². The van der Waals surface area contributed by atoms with Crippen molar-refractivity contribution >= 4 is 46.6 Å². The lowest BCUT2D eigenvalue weighted by atomic mass is 9.82. The quantitative estimate of drug-likeness (QED) is 0.285. The van der Waals surface area contributed by atoms with Crippen LogP contribution in [0.5, 0.6) is 5.75 Å². The summed E-state index contributed by atoms with van der Waals surface area (Å²) in [5.74, 6) is -10.8. The van der Waals surface area contributed by atoms with E-state index in [-0.39, 0.29) is 18.7 Å². The number of carbonyl (C=O) groups excluding carboxylic acids is 4. The van der Waals surface area contributed by atoms with Crippen LogP contribution in [0.2, 0.25) is 10.0 Å². The van der Waals surface area contributed by atoms with E-state index in [9.17, 15) is 28.0 Å². The minimum atomic E-state index is -4.30. The molecule has 0 saturated carbocycles. The summed E-state index contributed by atoms with van der Waals surface area (Å²) in [6, 6.07) is 12.1. The Balaban J connectivity index is 2.20. The summed E-state index contributed by atoms with van der Waals surface area (Å²) in [5, 5.41) is 5.22. The molecule has 7 nitrogen and oxygen atoms in total. The van der Waals surface area contributed by atoms with Crippen LogP contribution < -0.4 is 15.4 Å². The van der Waals surface area contributed by atoms with Gasteiger partial charge in [-0.25, -0.2) is 0 Å². The summed E-state index contributed by atoms with van der Waals surface area (Å²) < 4.78 is 34.8. The van der Waals surface area contributed by atoms with E-state index in [1.807, 2.05) is 5.32 Å². The maximum atomic E-state index is 14.7. The zero-order chi connectivity index (χ0) is 29.2. The van der Waals surface area contributed by atoms with Crippen LogP contribution in [0.4, 0.5) is 8.78 Å². The first-order valence-corrected chi connectivity index (χ1v) is 13.3. The van der Waals surface area contributed by atoms with Gasteiger partial charge in [0, 0.05) is 28.9 Å². The van der Waals surface area contributed by atoms with Crippen molar-refractivity contribution in [2.45, 2.75) is 52.0 Å². The number of ketones is 2. The number of hydrogen-bond acceptors (Lipinski definition) is 5. The molecule has 2 atom stereocenters. The standard InChI is InChI=1S/C28H32Cl2F2N2O5/c1-4-10-33-27(38)28(31,32)26(37)22(17(2)3)15-24(35)23(11-18-8-6-5-7-9-18)34-25(36)16-39-21-13-19(29)12-20(30)14-21/h5-9,12-14,17,22-23H,4,10-11,15-16H2,1-3H3,(H,33,38)(H,34,36)/t22-,23-/m0/s1. The minimum absolute atomic E-state index is 0.0123. The van der Waals surface area contributed by atoms with Gasteiger partial charge in [-0.15, -0.1) is 0 Å². The molecule has 2 N–H and O–H groups in total. The van der Waals surface area contributed by atoms with Crippen LogP contribution in [-0.4, -0.2) is 48.5 Å². The summed E-state index contributed by atoms with van der Waals surface area (Å²) in [6.07, 6.45) is -0.118. The number of amides is 2. The van der Waals surface area contributed by atoms with Gasteiger partial charge in [-0.3, -0.25) is 19.2 Å². The van der Waals surface area contributed by atoms with Crippen LogP contribution in [0.15, 0.2) is 48.5 Å². The second kappa shape index (κ2) is 14.9. The van der Waals surface area contributed by atoms with E-state index >= 15 is 0 Å². The summed E-state index contributed by atoms with van der Waals surface area (Å²) >= 11 is 11.9. The monoisotopic (exact) mass is 584 g/mol. The first kappa shape index (κ1) is 32.2. The van der Waals surface area contributed by atoms with Gasteiger partial charge >= 0.3 is 5.92 Å². The lowest BCUT2D eigenvalue weighted by Gasteiger charge is -2.26.